The minimum atomic E-state index is -0.191. The molecule has 3 heteroatoms. The van der Waals surface area contributed by atoms with Crippen LogP contribution < -0.4 is 0 Å². The molecule has 1 aliphatic carbocycles. The quantitative estimate of drug-likeness (QED) is 0.782. The van der Waals surface area contributed by atoms with Crippen LogP contribution in [0, 0.1) is 22.2 Å². The molecule has 1 fully saturated rings. The number of benzene rings is 1. The number of thiazole rings is 1. The summed E-state index contributed by atoms with van der Waals surface area (Å²) in [5, 5.41) is 10.8. The second-order valence-electron chi connectivity index (χ2n) is 6.81. The normalized spacial score (nSPS) is 20.6. The van der Waals surface area contributed by atoms with Crippen LogP contribution in [0.5, 0.6) is 0 Å². The van der Waals surface area contributed by atoms with Crippen LogP contribution in [0.2, 0.25) is 0 Å². The Bertz CT molecular complexity index is 620. The van der Waals surface area contributed by atoms with E-state index in [4.69, 9.17) is 4.98 Å². The highest BCUT2D eigenvalue weighted by Gasteiger charge is 2.39. The number of rotatable bonds is 2. The van der Waals surface area contributed by atoms with Crippen molar-refractivity contribution < 1.29 is 0 Å². The third-order valence-electron chi connectivity index (χ3n) is 4.63. The van der Waals surface area contributed by atoms with Crippen molar-refractivity contribution in [1.82, 2.24) is 4.98 Å². The fourth-order valence-electron chi connectivity index (χ4n) is 3.02. The molecule has 0 unspecified atom stereocenters. The standard InChI is InChI=1S/C17H20N2S/c1-16(2)7-9-17(12-18,10-8-16)11-15-19-13-5-3-4-6-14(13)20-15/h3-6H,7-11H2,1-2H3. The lowest BCUT2D eigenvalue weighted by Crippen LogP contribution is -2.31. The maximum absolute atomic E-state index is 9.67. The van der Waals surface area contributed by atoms with Crippen molar-refractivity contribution in [2.24, 2.45) is 10.8 Å². The molecule has 0 N–H and O–H groups in total. The van der Waals surface area contributed by atoms with Crippen molar-refractivity contribution in [3.8, 4) is 6.07 Å². The van der Waals surface area contributed by atoms with Crippen LogP contribution in [-0.4, -0.2) is 4.98 Å². The molecule has 0 atom stereocenters. The molecule has 1 saturated carbocycles. The first-order valence-electron chi connectivity index (χ1n) is 7.28. The molecular weight excluding hydrogens is 264 g/mol. The Hall–Kier alpha value is -1.40. The fraction of sp³-hybridized carbons (Fsp3) is 0.529. The Balaban J connectivity index is 1.83. The van der Waals surface area contributed by atoms with E-state index in [2.05, 4.69) is 32.0 Å². The smallest absolute Gasteiger partial charge is 0.0954 e. The SMILES string of the molecule is CC1(C)CCC(C#N)(Cc2nc3ccccc3s2)CC1. The predicted molar refractivity (Wildman–Crippen MR) is 83.6 cm³/mol. The lowest BCUT2D eigenvalue weighted by Gasteiger charge is -2.39. The van der Waals surface area contributed by atoms with Crippen LogP contribution in [0.3, 0.4) is 0 Å². The molecule has 0 bridgehead atoms. The van der Waals surface area contributed by atoms with Crippen LogP contribution >= 0.6 is 11.3 Å². The molecule has 0 saturated heterocycles. The number of hydrogen-bond donors (Lipinski definition) is 0. The Morgan fingerprint density at radius 3 is 2.55 bits per heavy atom. The molecular formula is C17H20N2S. The summed E-state index contributed by atoms with van der Waals surface area (Å²) in [5.41, 5.74) is 1.27. The number of nitriles is 1. The Kier molecular flexibility index (Phi) is 3.30. The lowest BCUT2D eigenvalue weighted by molar-refractivity contribution is 0.146. The van der Waals surface area contributed by atoms with Gasteiger partial charge in [0.05, 0.1) is 26.7 Å². The third kappa shape index (κ3) is 2.58. The lowest BCUT2D eigenvalue weighted by atomic mass is 9.64. The first kappa shape index (κ1) is 13.6. The summed E-state index contributed by atoms with van der Waals surface area (Å²) in [5.74, 6) is 0. The van der Waals surface area contributed by atoms with Crippen molar-refractivity contribution in [1.29, 1.82) is 5.26 Å². The molecule has 2 aromatic rings. The first-order valence-corrected chi connectivity index (χ1v) is 8.09. The van der Waals surface area contributed by atoms with E-state index in [0.717, 1.165) is 42.6 Å². The highest BCUT2D eigenvalue weighted by molar-refractivity contribution is 7.18. The van der Waals surface area contributed by atoms with Crippen molar-refractivity contribution >= 4 is 21.6 Å². The molecule has 0 radical (unpaired) electrons. The van der Waals surface area contributed by atoms with Gasteiger partial charge in [-0.1, -0.05) is 26.0 Å². The van der Waals surface area contributed by atoms with E-state index >= 15 is 0 Å². The van der Waals surface area contributed by atoms with Crippen LogP contribution in [0.25, 0.3) is 10.2 Å². The van der Waals surface area contributed by atoms with E-state index in [1.807, 2.05) is 12.1 Å². The molecule has 2 nitrogen and oxygen atoms in total. The van der Waals surface area contributed by atoms with Crippen molar-refractivity contribution in [2.45, 2.75) is 46.0 Å². The first-order chi connectivity index (χ1) is 9.52. The van der Waals surface area contributed by atoms with Gasteiger partial charge in [-0.2, -0.15) is 5.26 Å². The van der Waals surface area contributed by atoms with E-state index < -0.39 is 0 Å². The zero-order valence-corrected chi connectivity index (χ0v) is 13.0. The Labute approximate surface area is 124 Å². The van der Waals surface area contributed by atoms with E-state index in [0.29, 0.717) is 5.41 Å². The molecule has 104 valence electrons. The average molecular weight is 284 g/mol. The van der Waals surface area contributed by atoms with Gasteiger partial charge >= 0.3 is 0 Å². The summed E-state index contributed by atoms with van der Waals surface area (Å²) in [6, 6.07) is 10.9. The monoisotopic (exact) mass is 284 g/mol. The van der Waals surface area contributed by atoms with Crippen LogP contribution in [0.1, 0.15) is 44.5 Å². The van der Waals surface area contributed by atoms with E-state index in [1.165, 1.54) is 4.70 Å². The highest BCUT2D eigenvalue weighted by atomic mass is 32.1. The second-order valence-corrected chi connectivity index (χ2v) is 7.92. The minimum Gasteiger partial charge on any atom is -0.241 e. The maximum Gasteiger partial charge on any atom is 0.0954 e. The van der Waals surface area contributed by atoms with Gasteiger partial charge in [0, 0.05) is 6.42 Å². The fourth-order valence-corrected chi connectivity index (χ4v) is 4.13. The van der Waals surface area contributed by atoms with Gasteiger partial charge in [-0.25, -0.2) is 4.98 Å². The average Bonchev–Trinajstić information content (AvgIpc) is 2.83. The predicted octanol–water partition coefficient (Wildman–Crippen LogP) is 4.95. The second kappa shape index (κ2) is 4.86. The van der Waals surface area contributed by atoms with E-state index in [9.17, 15) is 5.26 Å². The molecule has 0 amide bonds. The summed E-state index contributed by atoms with van der Waals surface area (Å²) in [4.78, 5) is 4.70. The van der Waals surface area contributed by atoms with Crippen LogP contribution in [0.15, 0.2) is 24.3 Å². The van der Waals surface area contributed by atoms with Gasteiger partial charge in [0.2, 0.25) is 0 Å². The zero-order valence-electron chi connectivity index (χ0n) is 12.1. The number of nitrogens with zero attached hydrogens (tertiary/aromatic N) is 2. The zero-order chi connectivity index (χ0) is 14.2. The van der Waals surface area contributed by atoms with Gasteiger partial charge in [0.15, 0.2) is 0 Å². The number of hydrogen-bond acceptors (Lipinski definition) is 3. The Morgan fingerprint density at radius 1 is 1.20 bits per heavy atom. The molecule has 3 rings (SSSR count). The summed E-state index contributed by atoms with van der Waals surface area (Å²) < 4.78 is 1.23. The summed E-state index contributed by atoms with van der Waals surface area (Å²) in [7, 11) is 0. The van der Waals surface area contributed by atoms with Crippen molar-refractivity contribution in [3.63, 3.8) is 0 Å². The molecule has 1 aromatic carbocycles. The third-order valence-corrected chi connectivity index (χ3v) is 5.66. The topological polar surface area (TPSA) is 36.7 Å². The molecule has 1 heterocycles. The van der Waals surface area contributed by atoms with Gasteiger partial charge in [0.25, 0.3) is 0 Å². The van der Waals surface area contributed by atoms with Crippen LogP contribution in [0.4, 0.5) is 0 Å². The largest absolute Gasteiger partial charge is 0.241 e. The molecule has 0 spiro atoms. The van der Waals surface area contributed by atoms with Gasteiger partial charge < -0.3 is 0 Å². The molecule has 1 aromatic heterocycles. The van der Waals surface area contributed by atoms with Crippen molar-refractivity contribution in [2.75, 3.05) is 0 Å². The molecule has 1 aliphatic rings. The highest BCUT2D eigenvalue weighted by Crippen LogP contribution is 2.46. The summed E-state index contributed by atoms with van der Waals surface area (Å²) in [6.07, 6.45) is 5.12. The van der Waals surface area contributed by atoms with Gasteiger partial charge in [-0.05, 0) is 43.2 Å². The maximum atomic E-state index is 9.67. The summed E-state index contributed by atoms with van der Waals surface area (Å²) >= 11 is 1.74. The van der Waals surface area contributed by atoms with E-state index in [1.54, 1.807) is 11.3 Å². The Morgan fingerprint density at radius 2 is 1.90 bits per heavy atom. The molecule has 20 heavy (non-hydrogen) atoms. The van der Waals surface area contributed by atoms with Gasteiger partial charge in [-0.3, -0.25) is 0 Å². The summed E-state index contributed by atoms with van der Waals surface area (Å²) in [6.45, 7) is 4.62. The molecule has 0 aliphatic heterocycles. The van der Waals surface area contributed by atoms with Gasteiger partial charge in [-0.15, -0.1) is 11.3 Å². The number of para-hydroxylation sites is 1. The van der Waals surface area contributed by atoms with Gasteiger partial charge in [0.1, 0.15) is 0 Å². The van der Waals surface area contributed by atoms with E-state index in [-0.39, 0.29) is 5.41 Å². The van der Waals surface area contributed by atoms with Crippen LogP contribution in [-0.2, 0) is 6.42 Å². The van der Waals surface area contributed by atoms with Crippen molar-refractivity contribution in [3.05, 3.63) is 29.3 Å². The number of aromatic nitrogens is 1. The minimum absolute atomic E-state index is 0.191. The number of fused-ring (bicyclic) bond motifs is 1.